The summed E-state index contributed by atoms with van der Waals surface area (Å²) in [6.45, 7) is 0.422. The minimum atomic E-state index is -1.24. The number of para-hydroxylation sites is 2. The lowest BCUT2D eigenvalue weighted by molar-refractivity contribution is -0.120. The van der Waals surface area contributed by atoms with Crippen molar-refractivity contribution in [2.45, 2.75) is 12.6 Å². The van der Waals surface area contributed by atoms with E-state index in [0.717, 1.165) is 22.0 Å². The molecule has 3 N–H and O–H groups in total. The van der Waals surface area contributed by atoms with Gasteiger partial charge in [0.2, 0.25) is 0 Å². The van der Waals surface area contributed by atoms with Gasteiger partial charge in [-0.15, -0.1) is 0 Å². The van der Waals surface area contributed by atoms with E-state index >= 15 is 0 Å². The molecule has 0 aliphatic carbocycles. The van der Waals surface area contributed by atoms with E-state index in [4.69, 9.17) is 9.84 Å². The predicted molar refractivity (Wildman–Crippen MR) is 112 cm³/mol. The van der Waals surface area contributed by atoms with Gasteiger partial charge in [-0.05, 0) is 29.0 Å². The second kappa shape index (κ2) is 7.71. The summed E-state index contributed by atoms with van der Waals surface area (Å²) in [5, 5.41) is 16.7. The lowest BCUT2D eigenvalue weighted by atomic mass is 10.0. The van der Waals surface area contributed by atoms with Crippen LogP contribution in [-0.2, 0) is 11.3 Å². The number of nitrogens with zero attached hydrogens (tertiary/aromatic N) is 1. The summed E-state index contributed by atoms with van der Waals surface area (Å²) < 4.78 is 5.58. The summed E-state index contributed by atoms with van der Waals surface area (Å²) in [7, 11) is 1.60. The van der Waals surface area contributed by atoms with Crippen LogP contribution in [0.15, 0.2) is 60.7 Å². The van der Waals surface area contributed by atoms with Gasteiger partial charge in [0.25, 0.3) is 5.91 Å². The molecule has 0 spiro atoms. The van der Waals surface area contributed by atoms with E-state index in [-0.39, 0.29) is 19.0 Å². The zero-order valence-corrected chi connectivity index (χ0v) is 15.9. The van der Waals surface area contributed by atoms with Crippen molar-refractivity contribution in [3.8, 4) is 5.75 Å². The molecule has 1 heterocycles. The van der Waals surface area contributed by atoms with Crippen molar-refractivity contribution in [3.05, 3.63) is 66.2 Å². The largest absolute Gasteiger partial charge is 0.496 e. The second-order valence-corrected chi connectivity index (χ2v) is 6.79. The highest BCUT2D eigenvalue weighted by molar-refractivity contribution is 6.03. The van der Waals surface area contributed by atoms with Crippen LogP contribution in [0.2, 0.25) is 0 Å². The molecule has 0 saturated heterocycles. The van der Waals surface area contributed by atoms with Crippen molar-refractivity contribution < 1.29 is 19.4 Å². The number of hydrogen-bond acceptors (Lipinski definition) is 4. The summed E-state index contributed by atoms with van der Waals surface area (Å²) in [6.07, 6.45) is -1.24. The van der Waals surface area contributed by atoms with Gasteiger partial charge in [0.05, 0.1) is 25.0 Å². The molecule has 0 aromatic heterocycles. The maximum atomic E-state index is 13.3. The van der Waals surface area contributed by atoms with Gasteiger partial charge in [-0.25, -0.2) is 4.79 Å². The highest BCUT2D eigenvalue weighted by atomic mass is 16.5. The molecule has 0 bridgehead atoms. The van der Waals surface area contributed by atoms with Gasteiger partial charge in [-0.2, -0.15) is 0 Å². The van der Waals surface area contributed by atoms with Gasteiger partial charge in [0.1, 0.15) is 11.8 Å². The molecule has 0 fully saturated rings. The third kappa shape index (κ3) is 3.54. The number of carbonyl (C=O) groups is 2. The average molecular weight is 391 g/mol. The molecular formula is C22H21N3O4. The molecule has 2 amide bonds. The molecule has 7 nitrogen and oxygen atoms in total. The molecule has 3 aromatic rings. The van der Waals surface area contributed by atoms with Crippen molar-refractivity contribution >= 4 is 34.1 Å². The summed E-state index contributed by atoms with van der Waals surface area (Å²) in [4.78, 5) is 26.1. The number of hydrogen-bond donors (Lipinski definition) is 3. The highest BCUT2D eigenvalue weighted by Gasteiger charge is 2.32. The summed E-state index contributed by atoms with van der Waals surface area (Å²) in [6, 6.07) is 18.3. The van der Waals surface area contributed by atoms with Crippen molar-refractivity contribution in [3.63, 3.8) is 0 Å². The Kier molecular flexibility index (Phi) is 4.95. The highest BCUT2D eigenvalue weighted by Crippen LogP contribution is 2.34. The normalized spacial score (nSPS) is 16.0. The quantitative estimate of drug-likeness (QED) is 0.634. The van der Waals surface area contributed by atoms with Crippen molar-refractivity contribution in [1.82, 2.24) is 5.32 Å². The third-order valence-corrected chi connectivity index (χ3v) is 5.09. The van der Waals surface area contributed by atoms with Crippen molar-refractivity contribution in [2.75, 3.05) is 23.9 Å². The molecule has 0 unspecified atom stereocenters. The Balaban J connectivity index is 1.82. The predicted octanol–water partition coefficient (Wildman–Crippen LogP) is 3.44. The van der Waals surface area contributed by atoms with E-state index in [1.54, 1.807) is 12.0 Å². The molecule has 0 radical (unpaired) electrons. The van der Waals surface area contributed by atoms with Crippen molar-refractivity contribution in [1.29, 1.82) is 0 Å². The van der Waals surface area contributed by atoms with Gasteiger partial charge >= 0.3 is 6.09 Å². The Morgan fingerprint density at radius 1 is 1.17 bits per heavy atom. The Morgan fingerprint density at radius 2 is 1.93 bits per heavy atom. The first-order valence-electron chi connectivity index (χ1n) is 9.27. The number of amides is 2. The molecule has 148 valence electrons. The zero-order valence-electron chi connectivity index (χ0n) is 15.9. The number of ether oxygens (including phenoxy) is 1. The van der Waals surface area contributed by atoms with Crippen LogP contribution in [0, 0.1) is 0 Å². The van der Waals surface area contributed by atoms with Gasteiger partial charge < -0.3 is 25.4 Å². The fourth-order valence-electron chi connectivity index (χ4n) is 3.72. The number of methoxy groups -OCH3 is 1. The van der Waals surface area contributed by atoms with E-state index in [0.29, 0.717) is 11.4 Å². The van der Waals surface area contributed by atoms with Crippen LogP contribution in [-0.4, -0.2) is 36.8 Å². The number of benzene rings is 3. The monoisotopic (exact) mass is 391 g/mol. The number of carboxylic acid groups (broad SMARTS) is 1. The standard InChI is InChI=1S/C22H21N3O4/c1-29-20-11-10-14-6-2-3-7-15(14)16(20)13-25-19-9-5-4-8-17(19)23-12-18(21(25)26)24-22(27)28/h2-11,18,23-24H,12-13H2,1H3,(H,27,28)/t18-/m0/s1. The topological polar surface area (TPSA) is 90.9 Å². The van der Waals surface area contributed by atoms with E-state index in [1.165, 1.54) is 0 Å². The number of fused-ring (bicyclic) bond motifs is 2. The Hall–Kier alpha value is -3.74. The number of nitrogens with one attached hydrogen (secondary N) is 2. The number of rotatable bonds is 4. The van der Waals surface area contributed by atoms with Gasteiger partial charge in [-0.3, -0.25) is 4.79 Å². The zero-order chi connectivity index (χ0) is 20.4. The molecule has 4 rings (SSSR count). The minimum absolute atomic E-state index is 0.172. The van der Waals surface area contributed by atoms with Crippen molar-refractivity contribution in [2.24, 2.45) is 0 Å². The molecule has 3 aromatic carbocycles. The molecular weight excluding hydrogens is 370 g/mol. The first-order valence-corrected chi connectivity index (χ1v) is 9.27. The Morgan fingerprint density at radius 3 is 2.72 bits per heavy atom. The molecule has 29 heavy (non-hydrogen) atoms. The van der Waals surface area contributed by atoms with E-state index in [2.05, 4.69) is 10.6 Å². The summed E-state index contributed by atoms with van der Waals surface area (Å²) in [5.74, 6) is 0.355. The molecule has 0 saturated carbocycles. The number of carbonyl (C=O) groups excluding carboxylic acids is 1. The first-order chi connectivity index (χ1) is 14.1. The third-order valence-electron chi connectivity index (χ3n) is 5.09. The lowest BCUT2D eigenvalue weighted by Crippen LogP contribution is -2.50. The Labute approximate surface area is 167 Å². The van der Waals surface area contributed by atoms with E-state index in [9.17, 15) is 9.59 Å². The fraction of sp³-hybridized carbons (Fsp3) is 0.182. The maximum Gasteiger partial charge on any atom is 0.405 e. The minimum Gasteiger partial charge on any atom is -0.496 e. The van der Waals surface area contributed by atoms with E-state index in [1.807, 2.05) is 60.7 Å². The number of anilines is 2. The van der Waals surface area contributed by atoms with Gasteiger partial charge in [0, 0.05) is 12.1 Å². The van der Waals surface area contributed by atoms with Crippen LogP contribution >= 0.6 is 0 Å². The van der Waals surface area contributed by atoms with Crippen LogP contribution in [0.4, 0.5) is 16.2 Å². The molecule has 1 aliphatic rings. The lowest BCUT2D eigenvalue weighted by Gasteiger charge is -2.26. The fourth-order valence-corrected chi connectivity index (χ4v) is 3.72. The van der Waals surface area contributed by atoms with Crippen LogP contribution in [0.1, 0.15) is 5.56 Å². The van der Waals surface area contributed by atoms with Gasteiger partial charge in [0.15, 0.2) is 0 Å². The first kappa shape index (κ1) is 18.6. The van der Waals surface area contributed by atoms with Gasteiger partial charge in [-0.1, -0.05) is 42.5 Å². The van der Waals surface area contributed by atoms with Crippen LogP contribution < -0.4 is 20.3 Å². The van der Waals surface area contributed by atoms with Crippen LogP contribution in [0.5, 0.6) is 5.75 Å². The second-order valence-electron chi connectivity index (χ2n) is 6.79. The van der Waals surface area contributed by atoms with Crippen LogP contribution in [0.3, 0.4) is 0 Å². The smallest absolute Gasteiger partial charge is 0.405 e. The molecule has 1 atom stereocenters. The average Bonchev–Trinajstić information content (AvgIpc) is 2.86. The summed E-state index contributed by atoms with van der Waals surface area (Å²) >= 11 is 0. The van der Waals surface area contributed by atoms with Crippen LogP contribution in [0.25, 0.3) is 10.8 Å². The molecule has 7 heteroatoms. The Bertz CT molecular complexity index is 1080. The SMILES string of the molecule is COc1ccc2ccccc2c1CN1C(=O)[C@@H](NC(=O)O)CNc2ccccc21. The molecule has 1 aliphatic heterocycles. The summed E-state index contributed by atoms with van der Waals surface area (Å²) in [5.41, 5.74) is 2.33. The van der Waals surface area contributed by atoms with E-state index < -0.39 is 12.1 Å². The maximum absolute atomic E-state index is 13.3.